The maximum atomic E-state index is 16.1. The van der Waals surface area contributed by atoms with Crippen LogP contribution in [0.2, 0.25) is 0 Å². The number of hydrogen-bond acceptors (Lipinski definition) is 14. The quantitative estimate of drug-likeness (QED) is 0.131. The molecule has 5 saturated heterocycles. The molecule has 5 aliphatic heterocycles. The van der Waals surface area contributed by atoms with E-state index in [1.807, 2.05) is 20.8 Å². The van der Waals surface area contributed by atoms with Crippen molar-refractivity contribution in [1.82, 2.24) is 64.9 Å². The number of fused-ring (bicyclic) bond motifs is 3. The van der Waals surface area contributed by atoms with Gasteiger partial charge < -0.3 is 69.7 Å². The van der Waals surface area contributed by atoms with Crippen LogP contribution in [-0.4, -0.2) is 304 Å². The standard InChI is InChI=1S/C80H125ClF5N13O14/c1-13-48(4)66-75(110)91(7)49(5)70(105)98-36-31-58(98)73(108)94(10)61(41-50-21-15-14-16-22-50)72(107)90(6)44-63(100)87-57(30-26-51-25-29-55(56(81)40-51)80(84,85)86)71(106)93(9)60(42-65(102)97-37-34-79(82,83)35-38-97)69(104)89-78(32-19-20-33-78)77(112)96(12)67(52-23-17-18-24-52)76(111)95(11)62(74(109)99-53-27-28-54(99)46-113-45-53)43-64(101)92(8)59(39-47(2)3)68(103)88-66/h47-62,66-67H,13-46H2,1-12H3,(H,87,100)(H,88,103)(H,89,104)/t48-,49-,51?,53?,54?,55?,56?,57-,58-,59-,60-,61-,62-,66-,67-/m0/s1. The Morgan fingerprint density at radius 3 is 1.80 bits per heavy atom. The number of hydrogen-bond donors (Lipinski definition) is 3. The molecule has 9 aliphatic rings. The minimum absolute atomic E-state index is 0.00887. The van der Waals surface area contributed by atoms with Crippen LogP contribution in [0.4, 0.5) is 22.0 Å². The summed E-state index contributed by atoms with van der Waals surface area (Å²) in [6, 6.07) is -13.1. The zero-order chi connectivity index (χ0) is 83.0. The molecule has 3 N–H and O–H groups in total. The largest absolute Gasteiger partial charge is 0.393 e. The molecule has 33 heteroatoms. The van der Waals surface area contributed by atoms with E-state index >= 15 is 47.9 Å². The number of morpholine rings is 1. The Hall–Kier alpha value is -6.99. The number of piperidine rings is 1. The van der Waals surface area contributed by atoms with Crippen LogP contribution >= 0.6 is 11.6 Å². The van der Waals surface area contributed by atoms with Crippen molar-refractivity contribution < 1.29 is 89.0 Å². The molecule has 27 nitrogen and oxygen atoms in total. The number of amides is 13. The van der Waals surface area contributed by atoms with E-state index in [0.717, 1.165) is 46.8 Å². The summed E-state index contributed by atoms with van der Waals surface area (Å²) in [5.41, 5.74) is -1.84. The van der Waals surface area contributed by atoms with Crippen LogP contribution in [0.3, 0.4) is 0 Å². The number of likely N-dealkylation sites (tertiary alicyclic amines) is 1. The van der Waals surface area contributed by atoms with Crippen LogP contribution in [0.25, 0.3) is 0 Å². The summed E-state index contributed by atoms with van der Waals surface area (Å²) >= 11 is 6.45. The van der Waals surface area contributed by atoms with Crippen LogP contribution in [0.15, 0.2) is 0 Å². The molecule has 113 heavy (non-hydrogen) atoms. The van der Waals surface area contributed by atoms with Gasteiger partial charge in [-0.1, -0.05) is 91.9 Å². The van der Waals surface area contributed by atoms with Gasteiger partial charge in [-0.15, -0.1) is 11.6 Å². The fraction of sp³-hybridized carbons (Fsp3) is 0.838. The highest BCUT2D eigenvalue weighted by atomic mass is 35.5. The molecule has 5 unspecified atom stereocenters. The highest BCUT2D eigenvalue weighted by Gasteiger charge is 2.54. The number of ether oxygens (including phenoxy) is 1. The first-order chi connectivity index (χ1) is 53.2. The highest BCUT2D eigenvalue weighted by molar-refractivity contribution is 6.21. The van der Waals surface area contributed by atoms with Gasteiger partial charge in [0.05, 0.1) is 50.6 Å². The first kappa shape index (κ1) is 89.9. The zero-order valence-corrected chi connectivity index (χ0v) is 69.1. The Balaban J connectivity index is 1.13. The summed E-state index contributed by atoms with van der Waals surface area (Å²) in [7, 11) is 9.66. The minimum atomic E-state index is -4.59. The molecule has 9 fully saturated rings. The molecule has 636 valence electrons. The second kappa shape index (κ2) is 38.4. The van der Waals surface area contributed by atoms with Gasteiger partial charge in [0.2, 0.25) is 76.8 Å². The van der Waals surface area contributed by atoms with Gasteiger partial charge >= 0.3 is 6.18 Å². The molecule has 9 rings (SSSR count). The summed E-state index contributed by atoms with van der Waals surface area (Å²) in [4.78, 5) is 212. The average molecular weight is 1620 g/mol. The van der Waals surface area contributed by atoms with Crippen molar-refractivity contribution in [3.63, 3.8) is 0 Å². The lowest BCUT2D eigenvalue weighted by atomic mass is 9.78. The molecule has 0 aromatic rings. The number of nitrogens with zero attached hydrogens (tertiary/aromatic N) is 10. The number of alkyl halides is 6. The van der Waals surface area contributed by atoms with Crippen molar-refractivity contribution in [1.29, 1.82) is 0 Å². The van der Waals surface area contributed by atoms with Gasteiger partial charge in [0, 0.05) is 87.2 Å². The lowest BCUT2D eigenvalue weighted by Gasteiger charge is -2.45. The third-order valence-electron chi connectivity index (χ3n) is 26.8. The predicted octanol–water partition coefficient (Wildman–Crippen LogP) is 6.49. The van der Waals surface area contributed by atoms with Gasteiger partial charge in [-0.3, -0.25) is 62.3 Å². The molecular weight excluding hydrogens is 1500 g/mol. The summed E-state index contributed by atoms with van der Waals surface area (Å²) in [5, 5.41) is 7.31. The molecule has 13 amide bonds. The Kier molecular flexibility index (Phi) is 30.6. The molecule has 4 aliphatic carbocycles. The van der Waals surface area contributed by atoms with E-state index in [-0.39, 0.29) is 95.8 Å². The van der Waals surface area contributed by atoms with Crippen LogP contribution in [-0.2, 0) is 67.1 Å². The van der Waals surface area contributed by atoms with Crippen molar-refractivity contribution in [2.24, 2.45) is 35.5 Å². The first-order valence-corrected chi connectivity index (χ1v) is 42.0. The number of likely N-dealkylation sites (N-methyl/N-ethyl adjacent to an activating group) is 7. The van der Waals surface area contributed by atoms with Gasteiger partial charge in [0.1, 0.15) is 59.9 Å². The van der Waals surface area contributed by atoms with Gasteiger partial charge in [0.15, 0.2) is 0 Å². The van der Waals surface area contributed by atoms with Crippen molar-refractivity contribution in [2.75, 3.05) is 88.7 Å². The normalized spacial score (nSPS) is 32.1. The topological polar surface area (TPSA) is 300 Å². The van der Waals surface area contributed by atoms with Crippen molar-refractivity contribution in [3.05, 3.63) is 0 Å². The molecule has 0 aromatic heterocycles. The zero-order valence-electron chi connectivity index (χ0n) is 68.4. The molecule has 5 heterocycles. The monoisotopic (exact) mass is 1620 g/mol. The maximum absolute atomic E-state index is 16.1. The molecular formula is C80H125ClF5N13O14. The van der Waals surface area contributed by atoms with E-state index in [4.69, 9.17) is 16.3 Å². The Labute approximate surface area is 667 Å². The summed E-state index contributed by atoms with van der Waals surface area (Å²) in [5.74, 6) is -16.4. The van der Waals surface area contributed by atoms with Crippen LogP contribution in [0, 0.1) is 35.5 Å². The van der Waals surface area contributed by atoms with Crippen molar-refractivity contribution in [2.45, 2.75) is 304 Å². The number of carbonyl (C=O) groups is 13. The van der Waals surface area contributed by atoms with Gasteiger partial charge in [-0.05, 0) is 126 Å². The minimum Gasteiger partial charge on any atom is -0.377 e. The molecule has 15 atom stereocenters. The smallest absolute Gasteiger partial charge is 0.377 e. The molecule has 1 spiro atoms. The molecule has 2 bridgehead atoms. The Morgan fingerprint density at radius 1 is 0.611 bits per heavy atom. The molecule has 0 aromatic carbocycles. The van der Waals surface area contributed by atoms with E-state index in [1.165, 1.54) is 85.7 Å². The van der Waals surface area contributed by atoms with Crippen LogP contribution in [0.5, 0.6) is 0 Å². The number of halogens is 6. The Bertz CT molecular complexity index is 3430. The second-order valence-electron chi connectivity index (χ2n) is 34.8. The van der Waals surface area contributed by atoms with E-state index in [9.17, 15) is 36.3 Å². The van der Waals surface area contributed by atoms with Crippen molar-refractivity contribution >= 4 is 88.4 Å². The molecule has 4 saturated carbocycles. The van der Waals surface area contributed by atoms with Gasteiger partial charge in [-0.2, -0.15) is 13.2 Å². The maximum Gasteiger partial charge on any atom is 0.393 e. The molecule has 0 radical (unpaired) electrons. The fourth-order valence-corrected chi connectivity index (χ4v) is 19.6. The summed E-state index contributed by atoms with van der Waals surface area (Å²) in [6.45, 7) is 7.76. The van der Waals surface area contributed by atoms with Gasteiger partial charge in [0.25, 0.3) is 5.92 Å². The summed E-state index contributed by atoms with van der Waals surface area (Å²) < 4.78 is 78.0. The third-order valence-corrected chi connectivity index (χ3v) is 27.3. The first-order valence-electron chi connectivity index (χ1n) is 41.5. The fourth-order valence-electron chi connectivity index (χ4n) is 19.1. The van der Waals surface area contributed by atoms with Gasteiger partial charge in [-0.25, -0.2) is 8.78 Å². The summed E-state index contributed by atoms with van der Waals surface area (Å²) in [6.07, 6.45) is 0.955. The van der Waals surface area contributed by atoms with E-state index in [0.29, 0.717) is 57.8 Å². The third kappa shape index (κ3) is 21.1. The SMILES string of the molecule is CC[C@H](C)[C@@H]1NC(=O)[C@H](CC(C)C)N(C)C(=O)C[C@@H](C(=O)N2C3CCC2COC3)N(C)C(=O)[C@H](C2CCCC2)N(C)C(=O)C2(CCCC2)NC(=O)[C@H](CC(=O)N2CCC(F)(F)CC2)N(C)C(=O)[C@H](CCC2CCC(C(F)(F)F)C(Cl)C2)NC(=O)CN(C)C(=O)[C@H](CC2CCCCC2)N(C)C(=O)[C@@H]2CCN2C(=O)[C@H](C)N(C)C1=O. The predicted molar refractivity (Wildman–Crippen MR) is 408 cm³/mol. The number of nitrogens with one attached hydrogen (secondary N) is 3. The van der Waals surface area contributed by atoms with Crippen molar-refractivity contribution in [3.8, 4) is 0 Å². The number of rotatable bonds is 13. The lowest BCUT2D eigenvalue weighted by molar-refractivity contribution is -0.182. The number of carbonyl (C=O) groups excluding carboxylic acids is 13. The van der Waals surface area contributed by atoms with E-state index < -0.39 is 235 Å². The van der Waals surface area contributed by atoms with Crippen LogP contribution in [0.1, 0.15) is 214 Å². The highest BCUT2D eigenvalue weighted by Crippen LogP contribution is 2.45. The van der Waals surface area contributed by atoms with Crippen LogP contribution < -0.4 is 16.0 Å². The van der Waals surface area contributed by atoms with E-state index in [1.54, 1.807) is 11.8 Å². The Morgan fingerprint density at radius 2 is 1.22 bits per heavy atom. The average Bonchev–Trinajstić information content (AvgIpc) is 1.74. The van der Waals surface area contributed by atoms with E-state index in [2.05, 4.69) is 16.0 Å². The lowest BCUT2D eigenvalue weighted by Crippen LogP contribution is -2.66. The second-order valence-corrected chi connectivity index (χ2v) is 35.4.